The molecule has 0 unspecified atom stereocenters. The van der Waals surface area contributed by atoms with Gasteiger partial charge in [0.15, 0.2) is 0 Å². The molecule has 2 saturated heterocycles. The van der Waals surface area contributed by atoms with Gasteiger partial charge in [-0.1, -0.05) is 18.2 Å². The SMILES string of the molecule is Cc1cccc(N2C[C@@]3(CCN(S(=O)(=O)c4cccc(F)c4)C3)CC2=O)c1. The molecule has 2 aromatic carbocycles. The second kappa shape index (κ2) is 6.42. The Balaban J connectivity index is 1.56. The minimum absolute atomic E-state index is 0.0191. The predicted molar refractivity (Wildman–Crippen MR) is 100 cm³/mol. The number of carbonyl (C=O) groups is 1. The fraction of sp³-hybridized carbons (Fsp3) is 0.350. The zero-order chi connectivity index (χ0) is 19.2. The number of benzene rings is 2. The molecule has 1 spiro atoms. The summed E-state index contributed by atoms with van der Waals surface area (Å²) in [4.78, 5) is 14.3. The number of anilines is 1. The first-order chi connectivity index (χ1) is 12.8. The fourth-order valence-corrected chi connectivity index (χ4v) is 5.66. The lowest BCUT2D eigenvalue weighted by atomic mass is 9.86. The molecule has 0 aromatic heterocycles. The Bertz CT molecular complexity index is 1010. The molecule has 0 bridgehead atoms. The smallest absolute Gasteiger partial charge is 0.243 e. The normalized spacial score (nSPS) is 23.5. The van der Waals surface area contributed by atoms with Gasteiger partial charge >= 0.3 is 0 Å². The Morgan fingerprint density at radius 1 is 1.07 bits per heavy atom. The van der Waals surface area contributed by atoms with Crippen LogP contribution in [0.1, 0.15) is 18.4 Å². The van der Waals surface area contributed by atoms with Gasteiger partial charge in [-0.05, 0) is 49.2 Å². The minimum Gasteiger partial charge on any atom is -0.312 e. The third-order valence-electron chi connectivity index (χ3n) is 5.47. The van der Waals surface area contributed by atoms with E-state index in [9.17, 15) is 17.6 Å². The number of halogens is 1. The molecule has 27 heavy (non-hydrogen) atoms. The van der Waals surface area contributed by atoms with E-state index in [1.165, 1.54) is 22.5 Å². The largest absolute Gasteiger partial charge is 0.312 e. The van der Waals surface area contributed by atoms with E-state index < -0.39 is 15.8 Å². The van der Waals surface area contributed by atoms with Crippen LogP contribution in [0.2, 0.25) is 0 Å². The number of carbonyl (C=O) groups excluding carboxylic acids is 1. The zero-order valence-electron chi connectivity index (χ0n) is 15.1. The lowest BCUT2D eigenvalue weighted by Gasteiger charge is -2.24. The Morgan fingerprint density at radius 2 is 1.85 bits per heavy atom. The maximum absolute atomic E-state index is 13.5. The first-order valence-corrected chi connectivity index (χ1v) is 10.4. The van der Waals surface area contributed by atoms with Crippen molar-refractivity contribution >= 4 is 21.6 Å². The molecule has 0 aliphatic carbocycles. The monoisotopic (exact) mass is 388 g/mol. The third kappa shape index (κ3) is 3.26. The first kappa shape index (κ1) is 18.1. The molecule has 1 atom stereocenters. The van der Waals surface area contributed by atoms with Crippen LogP contribution in [0.4, 0.5) is 10.1 Å². The van der Waals surface area contributed by atoms with Crippen molar-refractivity contribution in [1.82, 2.24) is 4.31 Å². The summed E-state index contributed by atoms with van der Waals surface area (Å²) in [7, 11) is -3.77. The average Bonchev–Trinajstić information content (AvgIpc) is 3.19. The highest BCUT2D eigenvalue weighted by Crippen LogP contribution is 2.43. The summed E-state index contributed by atoms with van der Waals surface area (Å²) in [5.74, 6) is -0.558. The molecule has 4 rings (SSSR count). The molecule has 2 heterocycles. The molecule has 5 nitrogen and oxygen atoms in total. The fourth-order valence-electron chi connectivity index (χ4n) is 4.08. The summed E-state index contributed by atoms with van der Waals surface area (Å²) >= 11 is 0. The highest BCUT2D eigenvalue weighted by atomic mass is 32.2. The highest BCUT2D eigenvalue weighted by Gasteiger charge is 2.50. The van der Waals surface area contributed by atoms with Crippen molar-refractivity contribution in [1.29, 1.82) is 0 Å². The predicted octanol–water partition coefficient (Wildman–Crippen LogP) is 2.95. The van der Waals surface area contributed by atoms with Crippen molar-refractivity contribution in [3.8, 4) is 0 Å². The number of hydrogen-bond acceptors (Lipinski definition) is 3. The van der Waals surface area contributed by atoms with E-state index in [2.05, 4.69) is 0 Å². The van der Waals surface area contributed by atoms with Crippen molar-refractivity contribution < 1.29 is 17.6 Å². The molecule has 2 aliphatic rings. The maximum atomic E-state index is 13.5. The van der Waals surface area contributed by atoms with Crippen molar-refractivity contribution in [3.63, 3.8) is 0 Å². The van der Waals surface area contributed by atoms with Crippen LogP contribution in [-0.2, 0) is 14.8 Å². The Kier molecular flexibility index (Phi) is 4.31. The van der Waals surface area contributed by atoms with Crippen LogP contribution in [0.5, 0.6) is 0 Å². The molecular formula is C20H21FN2O3S. The van der Waals surface area contributed by atoms with Gasteiger partial charge < -0.3 is 4.90 Å². The lowest BCUT2D eigenvalue weighted by molar-refractivity contribution is -0.117. The molecule has 0 saturated carbocycles. The van der Waals surface area contributed by atoms with Crippen LogP contribution in [0.15, 0.2) is 53.4 Å². The van der Waals surface area contributed by atoms with Gasteiger partial charge in [0, 0.05) is 37.2 Å². The molecule has 0 radical (unpaired) electrons. The molecule has 2 fully saturated rings. The Hall–Kier alpha value is -2.25. The maximum Gasteiger partial charge on any atom is 0.243 e. The third-order valence-corrected chi connectivity index (χ3v) is 7.31. The van der Waals surface area contributed by atoms with E-state index in [-0.39, 0.29) is 22.8 Å². The Labute approximate surface area is 158 Å². The van der Waals surface area contributed by atoms with Crippen molar-refractivity contribution in [2.75, 3.05) is 24.5 Å². The number of amides is 1. The number of rotatable bonds is 3. The van der Waals surface area contributed by atoms with Crippen LogP contribution >= 0.6 is 0 Å². The molecule has 7 heteroatoms. The second-order valence-electron chi connectivity index (χ2n) is 7.54. The van der Waals surface area contributed by atoms with E-state index in [4.69, 9.17) is 0 Å². The number of aryl methyl sites for hydroxylation is 1. The molecule has 0 N–H and O–H groups in total. The first-order valence-electron chi connectivity index (χ1n) is 8.92. The summed E-state index contributed by atoms with van der Waals surface area (Å²) in [6.07, 6.45) is 0.950. The quantitative estimate of drug-likeness (QED) is 0.812. The van der Waals surface area contributed by atoms with Crippen LogP contribution in [0.3, 0.4) is 0 Å². The van der Waals surface area contributed by atoms with Gasteiger partial charge in [-0.15, -0.1) is 0 Å². The summed E-state index contributed by atoms with van der Waals surface area (Å²) in [6.45, 7) is 3.10. The second-order valence-corrected chi connectivity index (χ2v) is 9.48. The molecular weight excluding hydrogens is 367 g/mol. The summed E-state index contributed by atoms with van der Waals surface area (Å²) in [5, 5.41) is 0. The van der Waals surface area contributed by atoms with Crippen LogP contribution in [-0.4, -0.2) is 38.3 Å². The van der Waals surface area contributed by atoms with E-state index in [0.29, 0.717) is 25.9 Å². The standard InChI is InChI=1S/C20H21FN2O3S/c1-15-4-2-6-17(10-15)23-14-20(12-19(23)24)8-9-22(13-20)27(25,26)18-7-3-5-16(21)11-18/h2-7,10-11H,8-9,12-14H2,1H3/t20-/m0/s1. The summed E-state index contributed by atoms with van der Waals surface area (Å²) in [6, 6.07) is 12.8. The Morgan fingerprint density at radius 3 is 2.59 bits per heavy atom. The van der Waals surface area contributed by atoms with Crippen LogP contribution in [0, 0.1) is 18.2 Å². The van der Waals surface area contributed by atoms with Crippen molar-refractivity contribution in [3.05, 3.63) is 59.9 Å². The minimum atomic E-state index is -3.77. The van der Waals surface area contributed by atoms with E-state index in [1.54, 1.807) is 4.90 Å². The number of sulfonamides is 1. The summed E-state index contributed by atoms with van der Waals surface area (Å²) in [5.41, 5.74) is 1.53. The molecule has 2 aromatic rings. The van der Waals surface area contributed by atoms with Gasteiger partial charge in [0.1, 0.15) is 5.82 Å². The lowest BCUT2D eigenvalue weighted by Crippen LogP contribution is -2.34. The number of hydrogen-bond donors (Lipinski definition) is 0. The zero-order valence-corrected chi connectivity index (χ0v) is 15.9. The molecule has 142 valence electrons. The van der Waals surface area contributed by atoms with Gasteiger partial charge in [0.2, 0.25) is 15.9 Å². The van der Waals surface area contributed by atoms with E-state index in [0.717, 1.165) is 17.3 Å². The van der Waals surface area contributed by atoms with Crippen LogP contribution in [0.25, 0.3) is 0 Å². The van der Waals surface area contributed by atoms with Crippen molar-refractivity contribution in [2.24, 2.45) is 5.41 Å². The van der Waals surface area contributed by atoms with E-state index in [1.807, 2.05) is 31.2 Å². The van der Waals surface area contributed by atoms with Gasteiger partial charge in [-0.3, -0.25) is 4.79 Å². The van der Waals surface area contributed by atoms with Crippen molar-refractivity contribution in [2.45, 2.75) is 24.7 Å². The number of nitrogens with zero attached hydrogens (tertiary/aromatic N) is 2. The van der Waals surface area contributed by atoms with Gasteiger partial charge in [0.05, 0.1) is 4.90 Å². The van der Waals surface area contributed by atoms with Crippen LogP contribution < -0.4 is 4.90 Å². The molecule has 2 aliphatic heterocycles. The van der Waals surface area contributed by atoms with Gasteiger partial charge in [0.25, 0.3) is 0 Å². The van der Waals surface area contributed by atoms with Gasteiger partial charge in [-0.25, -0.2) is 12.8 Å². The average molecular weight is 388 g/mol. The summed E-state index contributed by atoms with van der Waals surface area (Å²) < 4.78 is 40.6. The van der Waals surface area contributed by atoms with E-state index >= 15 is 0 Å². The van der Waals surface area contributed by atoms with Gasteiger partial charge in [-0.2, -0.15) is 4.31 Å². The topological polar surface area (TPSA) is 57.7 Å². The highest BCUT2D eigenvalue weighted by molar-refractivity contribution is 7.89. The molecule has 1 amide bonds.